The van der Waals surface area contributed by atoms with Gasteiger partial charge in [-0.1, -0.05) is 0 Å². The first kappa shape index (κ1) is 22.4. The quantitative estimate of drug-likeness (QED) is 0.329. The van der Waals surface area contributed by atoms with Crippen LogP contribution in [-0.4, -0.2) is 73.1 Å². The van der Waals surface area contributed by atoms with E-state index in [1.807, 2.05) is 0 Å². The average molecular weight is 415 g/mol. The number of ether oxygens (including phenoxy) is 1. The van der Waals surface area contributed by atoms with Gasteiger partial charge >= 0.3 is 11.9 Å². The maximum absolute atomic E-state index is 11.6. The Morgan fingerprint density at radius 1 is 0.826 bits per heavy atom. The zero-order valence-corrected chi connectivity index (χ0v) is 14.9. The van der Waals surface area contributed by atoms with Crippen molar-refractivity contribution < 1.29 is 41.4 Å². The highest BCUT2D eigenvalue weighted by atomic mass is 35.5. The molecular weight excluding hydrogens is 399 g/mol. The lowest BCUT2D eigenvalue weighted by Gasteiger charge is -2.11. The van der Waals surface area contributed by atoms with Gasteiger partial charge in [0.15, 0.2) is 19.7 Å². The summed E-state index contributed by atoms with van der Waals surface area (Å²) in [6, 6.07) is 0. The predicted octanol–water partition coefficient (Wildman–Crippen LogP) is -0.0882. The van der Waals surface area contributed by atoms with E-state index in [0.717, 1.165) is 0 Å². The standard InChI is InChI=1S/C10H16Cl2O9S2/c11-7(5-9(13)14)22(17,18)3-1-21-2-4-23(19,20)8(12)6-10(15)16/h7-8H,1-6H2,(H,13,14)(H,15,16). The number of hydrogen-bond donors (Lipinski definition) is 2. The minimum atomic E-state index is -3.90. The van der Waals surface area contributed by atoms with E-state index in [0.29, 0.717) is 0 Å². The number of carboxylic acid groups (broad SMARTS) is 2. The van der Waals surface area contributed by atoms with Crippen LogP contribution in [0.3, 0.4) is 0 Å². The van der Waals surface area contributed by atoms with Crippen LogP contribution in [0.25, 0.3) is 0 Å². The first-order valence-corrected chi connectivity index (χ1v) is 10.4. The average Bonchev–Trinajstić information content (AvgIpc) is 2.36. The van der Waals surface area contributed by atoms with Crippen LogP contribution in [0, 0.1) is 0 Å². The molecule has 0 aliphatic heterocycles. The van der Waals surface area contributed by atoms with Crippen molar-refractivity contribution in [3.8, 4) is 0 Å². The second-order valence-electron chi connectivity index (χ2n) is 4.36. The summed E-state index contributed by atoms with van der Waals surface area (Å²) in [5.41, 5.74) is 0. The number of halogens is 2. The Hall–Kier alpha value is -0.620. The third kappa shape index (κ3) is 9.30. The zero-order chi connectivity index (χ0) is 18.3. The summed E-state index contributed by atoms with van der Waals surface area (Å²) in [5, 5.41) is 16.9. The summed E-state index contributed by atoms with van der Waals surface area (Å²) in [6.45, 7) is -0.765. The Labute approximate surface area is 143 Å². The molecule has 0 aromatic heterocycles. The van der Waals surface area contributed by atoms with Crippen LogP contribution in [0.1, 0.15) is 12.8 Å². The van der Waals surface area contributed by atoms with Crippen LogP contribution in [0.5, 0.6) is 0 Å². The zero-order valence-electron chi connectivity index (χ0n) is 11.7. The molecule has 2 atom stereocenters. The largest absolute Gasteiger partial charge is 0.481 e. The molecule has 0 spiro atoms. The monoisotopic (exact) mass is 414 g/mol. The molecule has 2 N–H and O–H groups in total. The summed E-state index contributed by atoms with van der Waals surface area (Å²) in [4.78, 5) is 20.8. The Balaban J connectivity index is 4.23. The van der Waals surface area contributed by atoms with Gasteiger partial charge in [-0.2, -0.15) is 0 Å². The highest BCUT2D eigenvalue weighted by molar-refractivity contribution is 7.93. The molecule has 9 nitrogen and oxygen atoms in total. The lowest BCUT2D eigenvalue weighted by molar-refractivity contribution is -0.137. The van der Waals surface area contributed by atoms with Gasteiger partial charge in [-0.05, 0) is 0 Å². The van der Waals surface area contributed by atoms with Crippen molar-refractivity contribution in [2.45, 2.75) is 22.3 Å². The summed E-state index contributed by atoms with van der Waals surface area (Å²) < 4.78 is 47.9. The number of alkyl halides is 2. The van der Waals surface area contributed by atoms with E-state index in [2.05, 4.69) is 0 Å². The lowest BCUT2D eigenvalue weighted by atomic mass is 10.5. The van der Waals surface area contributed by atoms with Gasteiger partial charge in [-0.25, -0.2) is 16.8 Å². The van der Waals surface area contributed by atoms with E-state index >= 15 is 0 Å². The van der Waals surface area contributed by atoms with Crippen LogP contribution in [0.15, 0.2) is 0 Å². The van der Waals surface area contributed by atoms with Crippen LogP contribution in [-0.2, 0) is 34.0 Å². The predicted molar refractivity (Wildman–Crippen MR) is 82.2 cm³/mol. The minimum absolute atomic E-state index is 0.382. The highest BCUT2D eigenvalue weighted by Crippen LogP contribution is 2.13. The number of aliphatic carboxylic acids is 2. The molecule has 0 saturated carbocycles. The highest BCUT2D eigenvalue weighted by Gasteiger charge is 2.27. The molecule has 0 aliphatic carbocycles. The third-order valence-corrected chi connectivity index (χ3v) is 7.77. The Bertz CT molecular complexity index is 560. The van der Waals surface area contributed by atoms with Gasteiger partial charge in [0.1, 0.15) is 9.42 Å². The first-order chi connectivity index (χ1) is 10.4. The van der Waals surface area contributed by atoms with Gasteiger partial charge < -0.3 is 14.9 Å². The molecule has 0 aliphatic rings. The molecule has 0 aromatic rings. The van der Waals surface area contributed by atoms with Gasteiger partial charge in [0.2, 0.25) is 0 Å². The Morgan fingerprint density at radius 3 is 1.39 bits per heavy atom. The molecule has 136 valence electrons. The normalized spacial score (nSPS) is 15.0. The molecule has 0 radical (unpaired) electrons. The number of carboxylic acids is 2. The minimum Gasteiger partial charge on any atom is -0.481 e. The van der Waals surface area contributed by atoms with Crippen molar-refractivity contribution >= 4 is 54.8 Å². The van der Waals surface area contributed by atoms with Gasteiger partial charge in [0.05, 0.1) is 37.6 Å². The molecule has 23 heavy (non-hydrogen) atoms. The molecule has 2 unspecified atom stereocenters. The van der Waals surface area contributed by atoms with Crippen molar-refractivity contribution in [1.29, 1.82) is 0 Å². The van der Waals surface area contributed by atoms with Crippen LogP contribution in [0.4, 0.5) is 0 Å². The van der Waals surface area contributed by atoms with Crippen molar-refractivity contribution in [2.75, 3.05) is 24.7 Å². The second-order valence-corrected chi connectivity index (χ2v) is 10.5. The molecule has 0 saturated heterocycles. The van der Waals surface area contributed by atoms with Crippen LogP contribution >= 0.6 is 23.2 Å². The summed E-state index contributed by atoms with van der Waals surface area (Å²) >= 11 is 10.9. The topological polar surface area (TPSA) is 152 Å². The fourth-order valence-electron chi connectivity index (χ4n) is 1.24. The molecule has 0 amide bonds. The molecule has 0 fully saturated rings. The summed E-state index contributed by atoms with van der Waals surface area (Å²) in [7, 11) is -7.79. The number of rotatable bonds is 12. The molecule has 0 bridgehead atoms. The van der Waals surface area contributed by atoms with E-state index in [1.165, 1.54) is 0 Å². The van der Waals surface area contributed by atoms with Gasteiger partial charge in [-0.15, -0.1) is 23.2 Å². The molecule has 0 rings (SSSR count). The third-order valence-electron chi connectivity index (χ3n) is 2.47. The van der Waals surface area contributed by atoms with E-state index in [-0.39, 0.29) is 13.2 Å². The second kappa shape index (κ2) is 9.62. The van der Waals surface area contributed by atoms with Crippen molar-refractivity contribution in [2.24, 2.45) is 0 Å². The molecular formula is C10H16Cl2O9S2. The van der Waals surface area contributed by atoms with Crippen molar-refractivity contribution in [3.05, 3.63) is 0 Å². The number of hydrogen-bond acceptors (Lipinski definition) is 7. The Morgan fingerprint density at radius 2 is 1.13 bits per heavy atom. The van der Waals surface area contributed by atoms with Crippen LogP contribution < -0.4 is 0 Å². The smallest absolute Gasteiger partial charge is 0.305 e. The SMILES string of the molecule is O=C(O)CC(Cl)S(=O)(=O)CCOCCS(=O)(=O)C(Cl)CC(=O)O. The number of sulfone groups is 2. The maximum Gasteiger partial charge on any atom is 0.305 e. The molecule has 13 heteroatoms. The van der Waals surface area contributed by atoms with Gasteiger partial charge in [0.25, 0.3) is 0 Å². The van der Waals surface area contributed by atoms with Crippen LogP contribution in [0.2, 0.25) is 0 Å². The number of carbonyl (C=O) groups is 2. The van der Waals surface area contributed by atoms with Crippen molar-refractivity contribution in [1.82, 2.24) is 0 Å². The Kier molecular flexibility index (Phi) is 9.36. The van der Waals surface area contributed by atoms with Gasteiger partial charge in [0, 0.05) is 0 Å². The summed E-state index contributed by atoms with van der Waals surface area (Å²) in [6.07, 6.45) is -1.53. The van der Waals surface area contributed by atoms with Gasteiger partial charge in [-0.3, -0.25) is 9.59 Å². The van der Waals surface area contributed by atoms with E-state index in [4.69, 9.17) is 38.2 Å². The van der Waals surface area contributed by atoms with E-state index in [9.17, 15) is 26.4 Å². The fraction of sp³-hybridized carbons (Fsp3) is 0.800. The molecule has 0 heterocycles. The fourth-order valence-corrected chi connectivity index (χ4v) is 4.04. The van der Waals surface area contributed by atoms with Crippen molar-refractivity contribution in [3.63, 3.8) is 0 Å². The molecule has 0 aromatic carbocycles. The van der Waals surface area contributed by atoms with E-state index in [1.54, 1.807) is 0 Å². The maximum atomic E-state index is 11.6. The van der Waals surface area contributed by atoms with E-state index < -0.39 is 65.4 Å². The lowest BCUT2D eigenvalue weighted by Crippen LogP contribution is -2.26. The first-order valence-electron chi connectivity index (χ1n) is 6.11. The summed E-state index contributed by atoms with van der Waals surface area (Å²) in [5.74, 6) is -3.89.